The Balaban J connectivity index is 1.80. The first-order valence-electron chi connectivity index (χ1n) is 7.91. The summed E-state index contributed by atoms with van der Waals surface area (Å²) in [5, 5.41) is 0.557. The summed E-state index contributed by atoms with van der Waals surface area (Å²) in [7, 11) is 0. The van der Waals surface area contributed by atoms with E-state index >= 15 is 0 Å². The second-order valence-electron chi connectivity index (χ2n) is 5.98. The highest BCUT2D eigenvalue weighted by Crippen LogP contribution is 2.29. The van der Waals surface area contributed by atoms with Gasteiger partial charge in [-0.15, -0.1) is 0 Å². The van der Waals surface area contributed by atoms with Gasteiger partial charge in [0.2, 0.25) is 5.91 Å². The minimum absolute atomic E-state index is 0.00734. The smallest absolute Gasteiger partial charge is 0.261 e. The van der Waals surface area contributed by atoms with Gasteiger partial charge in [0.15, 0.2) is 0 Å². The number of benzene rings is 1. The molecule has 1 amide bonds. The van der Waals surface area contributed by atoms with E-state index in [2.05, 4.69) is 11.9 Å². The Morgan fingerprint density at radius 1 is 1.36 bits per heavy atom. The molecular weight excluding hydrogens is 278 g/mol. The van der Waals surface area contributed by atoms with Crippen molar-refractivity contribution < 1.29 is 4.79 Å². The standard InChI is InChI=1S/C17H21N3O2/c1-2-9-19(10-13-7-8-13)16(21)11-20-12-18-15-6-4-3-5-14(15)17(20)22/h3-6,12-13H,2,7-11H2,1H3. The Morgan fingerprint density at radius 2 is 2.14 bits per heavy atom. The number of para-hydroxylation sites is 1. The fraction of sp³-hybridized carbons (Fsp3) is 0.471. The molecule has 1 aliphatic carbocycles. The Labute approximate surface area is 129 Å². The molecule has 0 unspecified atom stereocenters. The van der Waals surface area contributed by atoms with Gasteiger partial charge in [0.25, 0.3) is 5.56 Å². The average Bonchev–Trinajstić information content (AvgIpc) is 3.34. The van der Waals surface area contributed by atoms with Gasteiger partial charge in [-0.05, 0) is 37.3 Å². The third kappa shape index (κ3) is 3.18. The number of rotatable bonds is 6. The minimum Gasteiger partial charge on any atom is -0.341 e. The number of hydrogen-bond donors (Lipinski definition) is 0. The molecule has 0 atom stereocenters. The Bertz CT molecular complexity index is 734. The van der Waals surface area contributed by atoms with E-state index in [4.69, 9.17) is 0 Å². The highest BCUT2D eigenvalue weighted by Gasteiger charge is 2.26. The van der Waals surface area contributed by atoms with Crippen molar-refractivity contribution in [3.05, 3.63) is 40.9 Å². The number of carbonyl (C=O) groups excluding carboxylic acids is 1. The van der Waals surface area contributed by atoms with E-state index in [1.807, 2.05) is 17.0 Å². The maximum absolute atomic E-state index is 12.5. The molecule has 0 spiro atoms. The summed E-state index contributed by atoms with van der Waals surface area (Å²) in [5.41, 5.74) is 0.515. The zero-order chi connectivity index (χ0) is 15.5. The summed E-state index contributed by atoms with van der Waals surface area (Å²) in [4.78, 5) is 31.1. The first-order chi connectivity index (χ1) is 10.7. The van der Waals surface area contributed by atoms with Gasteiger partial charge in [-0.25, -0.2) is 4.98 Å². The van der Waals surface area contributed by atoms with E-state index in [0.29, 0.717) is 16.8 Å². The zero-order valence-electron chi connectivity index (χ0n) is 12.9. The third-order valence-corrected chi connectivity index (χ3v) is 4.06. The van der Waals surface area contributed by atoms with Crippen LogP contribution < -0.4 is 5.56 Å². The Hall–Kier alpha value is -2.17. The van der Waals surface area contributed by atoms with Gasteiger partial charge in [-0.2, -0.15) is 0 Å². The van der Waals surface area contributed by atoms with Gasteiger partial charge in [0, 0.05) is 13.1 Å². The summed E-state index contributed by atoms with van der Waals surface area (Å²) < 4.78 is 1.42. The van der Waals surface area contributed by atoms with Gasteiger partial charge in [0.05, 0.1) is 17.2 Å². The lowest BCUT2D eigenvalue weighted by Gasteiger charge is -2.22. The Kier molecular flexibility index (Phi) is 4.22. The van der Waals surface area contributed by atoms with Crippen LogP contribution in [0, 0.1) is 5.92 Å². The number of nitrogens with zero attached hydrogens (tertiary/aromatic N) is 3. The molecule has 0 radical (unpaired) electrons. The lowest BCUT2D eigenvalue weighted by Crippen LogP contribution is -2.38. The van der Waals surface area contributed by atoms with E-state index in [0.717, 1.165) is 19.5 Å². The fourth-order valence-electron chi connectivity index (χ4n) is 2.66. The predicted octanol–water partition coefficient (Wildman–Crippen LogP) is 2.05. The molecule has 22 heavy (non-hydrogen) atoms. The van der Waals surface area contributed by atoms with Crippen molar-refractivity contribution in [1.82, 2.24) is 14.5 Å². The SMILES string of the molecule is CCCN(CC1CC1)C(=O)Cn1cnc2ccccc2c1=O. The molecule has 1 heterocycles. The zero-order valence-corrected chi connectivity index (χ0v) is 12.9. The average molecular weight is 299 g/mol. The summed E-state index contributed by atoms with van der Waals surface area (Å²) in [6, 6.07) is 7.22. The highest BCUT2D eigenvalue weighted by molar-refractivity contribution is 5.79. The van der Waals surface area contributed by atoms with Crippen molar-refractivity contribution in [2.24, 2.45) is 5.92 Å². The molecule has 116 valence electrons. The molecule has 1 aromatic carbocycles. The monoisotopic (exact) mass is 299 g/mol. The van der Waals surface area contributed by atoms with Crippen LogP contribution in [-0.4, -0.2) is 33.4 Å². The molecule has 5 heteroatoms. The molecule has 0 N–H and O–H groups in total. The van der Waals surface area contributed by atoms with Gasteiger partial charge in [-0.3, -0.25) is 14.2 Å². The molecule has 1 aromatic heterocycles. The first-order valence-corrected chi connectivity index (χ1v) is 7.91. The summed E-state index contributed by atoms with van der Waals surface area (Å²) in [6.45, 7) is 3.72. The topological polar surface area (TPSA) is 55.2 Å². The number of fused-ring (bicyclic) bond motifs is 1. The van der Waals surface area contributed by atoms with Crippen LogP contribution in [0.1, 0.15) is 26.2 Å². The number of aromatic nitrogens is 2. The molecule has 3 rings (SSSR count). The molecule has 1 aliphatic rings. The van der Waals surface area contributed by atoms with E-state index in [1.54, 1.807) is 12.1 Å². The van der Waals surface area contributed by atoms with Crippen LogP contribution in [0.4, 0.5) is 0 Å². The highest BCUT2D eigenvalue weighted by atomic mass is 16.2. The third-order valence-electron chi connectivity index (χ3n) is 4.06. The van der Waals surface area contributed by atoms with Gasteiger partial charge in [0.1, 0.15) is 6.54 Å². The van der Waals surface area contributed by atoms with Gasteiger partial charge >= 0.3 is 0 Å². The van der Waals surface area contributed by atoms with Crippen molar-refractivity contribution in [3.8, 4) is 0 Å². The molecule has 0 bridgehead atoms. The van der Waals surface area contributed by atoms with Crippen LogP contribution in [0.5, 0.6) is 0 Å². The Morgan fingerprint density at radius 3 is 2.86 bits per heavy atom. The van der Waals surface area contributed by atoms with Gasteiger partial charge < -0.3 is 4.90 Å². The van der Waals surface area contributed by atoms with E-state index < -0.39 is 0 Å². The number of amides is 1. The predicted molar refractivity (Wildman–Crippen MR) is 85.6 cm³/mol. The minimum atomic E-state index is -0.151. The molecule has 2 aromatic rings. The number of hydrogen-bond acceptors (Lipinski definition) is 3. The molecule has 5 nitrogen and oxygen atoms in total. The van der Waals surface area contributed by atoms with Crippen LogP contribution in [0.2, 0.25) is 0 Å². The van der Waals surface area contributed by atoms with E-state index in [9.17, 15) is 9.59 Å². The lowest BCUT2D eigenvalue weighted by atomic mass is 10.2. The van der Waals surface area contributed by atoms with Crippen LogP contribution in [0.3, 0.4) is 0 Å². The summed E-state index contributed by atoms with van der Waals surface area (Å²) in [5.74, 6) is 0.662. The fourth-order valence-corrected chi connectivity index (χ4v) is 2.66. The first kappa shape index (κ1) is 14.8. The second-order valence-corrected chi connectivity index (χ2v) is 5.98. The van der Waals surface area contributed by atoms with Crippen LogP contribution in [-0.2, 0) is 11.3 Å². The second kappa shape index (κ2) is 6.30. The van der Waals surface area contributed by atoms with Crippen LogP contribution >= 0.6 is 0 Å². The molecule has 1 saturated carbocycles. The molecule has 0 saturated heterocycles. The molecule has 1 fully saturated rings. The number of carbonyl (C=O) groups is 1. The van der Waals surface area contributed by atoms with E-state index in [1.165, 1.54) is 23.7 Å². The van der Waals surface area contributed by atoms with Crippen LogP contribution in [0.15, 0.2) is 35.4 Å². The normalized spacial score (nSPS) is 14.2. The maximum atomic E-state index is 12.5. The van der Waals surface area contributed by atoms with Crippen molar-refractivity contribution in [2.75, 3.05) is 13.1 Å². The largest absolute Gasteiger partial charge is 0.341 e. The van der Waals surface area contributed by atoms with Crippen molar-refractivity contribution in [3.63, 3.8) is 0 Å². The molecule has 0 aliphatic heterocycles. The van der Waals surface area contributed by atoms with Crippen molar-refractivity contribution in [2.45, 2.75) is 32.7 Å². The van der Waals surface area contributed by atoms with E-state index in [-0.39, 0.29) is 18.0 Å². The van der Waals surface area contributed by atoms with Crippen molar-refractivity contribution >= 4 is 16.8 Å². The van der Waals surface area contributed by atoms with Crippen molar-refractivity contribution in [1.29, 1.82) is 0 Å². The summed E-state index contributed by atoms with van der Waals surface area (Å²) >= 11 is 0. The summed E-state index contributed by atoms with van der Waals surface area (Å²) in [6.07, 6.45) is 4.84. The van der Waals surface area contributed by atoms with Crippen LogP contribution in [0.25, 0.3) is 10.9 Å². The maximum Gasteiger partial charge on any atom is 0.261 e. The quantitative estimate of drug-likeness (QED) is 0.820. The van der Waals surface area contributed by atoms with Gasteiger partial charge in [-0.1, -0.05) is 19.1 Å². The molecular formula is C17H21N3O2. The lowest BCUT2D eigenvalue weighted by molar-refractivity contribution is -0.132.